The maximum Gasteiger partial charge on any atom is 0.254 e. The molecule has 0 aliphatic carbocycles. The van der Waals surface area contributed by atoms with Crippen molar-refractivity contribution in [3.63, 3.8) is 0 Å². The van der Waals surface area contributed by atoms with Crippen LogP contribution in [0.1, 0.15) is 52.7 Å². The van der Waals surface area contributed by atoms with E-state index in [1.54, 1.807) is 23.3 Å². The Labute approximate surface area is 223 Å². The number of carbonyl (C=O) groups excluding carboxylic acids is 2. The van der Waals surface area contributed by atoms with Crippen LogP contribution >= 0.6 is 11.3 Å². The largest absolute Gasteiger partial charge is 0.493 e. The normalized spacial score (nSPS) is 15.6. The van der Waals surface area contributed by atoms with Crippen LogP contribution in [-0.2, 0) is 11.2 Å². The maximum absolute atomic E-state index is 13.8. The highest BCUT2D eigenvalue weighted by Crippen LogP contribution is 2.35. The van der Waals surface area contributed by atoms with E-state index in [9.17, 15) is 9.59 Å². The van der Waals surface area contributed by atoms with Crippen molar-refractivity contribution in [2.45, 2.75) is 39.7 Å². The van der Waals surface area contributed by atoms with Gasteiger partial charge in [0.25, 0.3) is 5.91 Å². The molecule has 0 saturated heterocycles. The molecule has 0 saturated carbocycles. The van der Waals surface area contributed by atoms with E-state index < -0.39 is 0 Å². The smallest absolute Gasteiger partial charge is 0.254 e. The van der Waals surface area contributed by atoms with Crippen molar-refractivity contribution in [1.82, 2.24) is 9.80 Å². The van der Waals surface area contributed by atoms with Crippen molar-refractivity contribution < 1.29 is 19.1 Å². The third-order valence-electron chi connectivity index (χ3n) is 7.02. The molecule has 4 rings (SSSR count). The predicted molar refractivity (Wildman–Crippen MR) is 148 cm³/mol. The van der Waals surface area contributed by atoms with E-state index in [2.05, 4.69) is 25.3 Å². The molecule has 2 aromatic carbocycles. The van der Waals surface area contributed by atoms with Crippen molar-refractivity contribution in [2.24, 2.45) is 5.92 Å². The molecule has 1 aliphatic rings. The number of hydrogen-bond acceptors (Lipinski definition) is 5. The maximum atomic E-state index is 13.8. The molecule has 0 spiro atoms. The van der Waals surface area contributed by atoms with Crippen molar-refractivity contribution in [3.8, 4) is 11.5 Å². The lowest BCUT2D eigenvalue weighted by Gasteiger charge is -2.37. The van der Waals surface area contributed by atoms with Crippen LogP contribution in [0.5, 0.6) is 11.5 Å². The van der Waals surface area contributed by atoms with Gasteiger partial charge in [0.15, 0.2) is 11.5 Å². The standard InChI is InChI=1S/C30H36N2O4S/c1-5-21(2)18-31(30(34)23-12-10-22(3)11-13-23)19-29(33)32-16-14-28-24(15-17-37-28)25(32)20-36-27-9-7-6-8-26(27)35-4/h6-13,15,17,21,25H,5,14,16,18-20H2,1-4H3. The molecule has 3 aromatic rings. The first-order chi connectivity index (χ1) is 17.9. The van der Waals surface area contributed by atoms with E-state index in [-0.39, 0.29) is 30.3 Å². The molecule has 7 heteroatoms. The molecule has 0 fully saturated rings. The number of rotatable bonds is 10. The number of aryl methyl sites for hydroxylation is 1. The monoisotopic (exact) mass is 520 g/mol. The third kappa shape index (κ3) is 6.34. The molecule has 6 nitrogen and oxygen atoms in total. The van der Waals surface area contributed by atoms with Gasteiger partial charge in [0.05, 0.1) is 13.2 Å². The summed E-state index contributed by atoms with van der Waals surface area (Å²) in [4.78, 5) is 32.1. The third-order valence-corrected chi connectivity index (χ3v) is 8.02. The molecule has 2 unspecified atom stereocenters. The summed E-state index contributed by atoms with van der Waals surface area (Å²) in [5.41, 5.74) is 2.83. The van der Waals surface area contributed by atoms with Crippen molar-refractivity contribution in [1.29, 1.82) is 0 Å². The summed E-state index contributed by atoms with van der Waals surface area (Å²) in [6.07, 6.45) is 1.74. The molecule has 0 bridgehead atoms. The Morgan fingerprint density at radius 1 is 1.11 bits per heavy atom. The van der Waals surface area contributed by atoms with E-state index in [0.29, 0.717) is 36.8 Å². The molecule has 196 valence electrons. The highest BCUT2D eigenvalue weighted by Gasteiger charge is 2.34. The molecule has 0 N–H and O–H groups in total. The number of nitrogens with zero attached hydrogens (tertiary/aromatic N) is 2. The lowest BCUT2D eigenvalue weighted by molar-refractivity contribution is -0.135. The fourth-order valence-electron chi connectivity index (χ4n) is 4.64. The van der Waals surface area contributed by atoms with E-state index in [1.165, 1.54) is 4.88 Å². The van der Waals surface area contributed by atoms with Gasteiger partial charge in [0, 0.05) is 23.5 Å². The first-order valence-corrected chi connectivity index (χ1v) is 13.8. The minimum atomic E-state index is -0.229. The van der Waals surface area contributed by atoms with Crippen LogP contribution in [0, 0.1) is 12.8 Å². The Kier molecular flexibility index (Phi) is 8.87. The van der Waals surface area contributed by atoms with Gasteiger partial charge >= 0.3 is 0 Å². The first-order valence-electron chi connectivity index (χ1n) is 12.9. The quantitative estimate of drug-likeness (QED) is 0.341. The molecule has 2 amide bonds. The van der Waals surface area contributed by atoms with E-state index in [1.807, 2.05) is 60.4 Å². The zero-order valence-corrected chi connectivity index (χ0v) is 22.9. The minimum absolute atomic E-state index is 0.0433. The Morgan fingerprint density at radius 2 is 1.84 bits per heavy atom. The number of para-hydroxylation sites is 2. The summed E-state index contributed by atoms with van der Waals surface area (Å²) in [7, 11) is 1.62. The van der Waals surface area contributed by atoms with Crippen LogP contribution in [0.15, 0.2) is 60.0 Å². The molecule has 37 heavy (non-hydrogen) atoms. The van der Waals surface area contributed by atoms with Crippen molar-refractivity contribution in [3.05, 3.63) is 81.5 Å². The Morgan fingerprint density at radius 3 is 2.54 bits per heavy atom. The van der Waals surface area contributed by atoms with Gasteiger partial charge < -0.3 is 19.3 Å². The number of amides is 2. The van der Waals surface area contributed by atoms with Crippen LogP contribution in [0.2, 0.25) is 0 Å². The molecule has 0 radical (unpaired) electrons. The second-order valence-electron chi connectivity index (χ2n) is 9.68. The SMILES string of the molecule is CCC(C)CN(CC(=O)N1CCc2sccc2C1COc1ccccc1OC)C(=O)c1ccc(C)cc1. The number of hydrogen-bond donors (Lipinski definition) is 0. The lowest BCUT2D eigenvalue weighted by atomic mass is 10.00. The van der Waals surface area contributed by atoms with E-state index in [4.69, 9.17) is 9.47 Å². The number of benzene rings is 2. The summed E-state index contributed by atoms with van der Waals surface area (Å²) in [6, 6.07) is 16.9. The number of methoxy groups -OCH3 is 1. The second kappa shape index (κ2) is 12.3. The Balaban J connectivity index is 1.55. The van der Waals surface area contributed by atoms with Gasteiger partial charge in [-0.1, -0.05) is 50.1 Å². The minimum Gasteiger partial charge on any atom is -0.493 e. The van der Waals surface area contributed by atoms with E-state index >= 15 is 0 Å². The topological polar surface area (TPSA) is 59.1 Å². The average molecular weight is 521 g/mol. The number of thiophene rings is 1. The van der Waals surface area contributed by atoms with Gasteiger partial charge in [-0.15, -0.1) is 11.3 Å². The number of ether oxygens (including phenoxy) is 2. The number of carbonyl (C=O) groups is 2. The van der Waals surface area contributed by atoms with Crippen LogP contribution in [0.4, 0.5) is 0 Å². The Hall–Kier alpha value is -3.32. The van der Waals surface area contributed by atoms with Gasteiger partial charge in [-0.25, -0.2) is 0 Å². The van der Waals surface area contributed by atoms with Crippen LogP contribution in [-0.4, -0.2) is 55.0 Å². The van der Waals surface area contributed by atoms with Gasteiger partial charge in [-0.2, -0.15) is 0 Å². The highest BCUT2D eigenvalue weighted by atomic mass is 32.1. The molecular weight excluding hydrogens is 484 g/mol. The van der Waals surface area contributed by atoms with Crippen LogP contribution in [0.25, 0.3) is 0 Å². The van der Waals surface area contributed by atoms with Crippen molar-refractivity contribution >= 4 is 23.2 Å². The highest BCUT2D eigenvalue weighted by molar-refractivity contribution is 7.10. The first kappa shape index (κ1) is 26.7. The number of fused-ring (bicyclic) bond motifs is 1. The van der Waals surface area contributed by atoms with Gasteiger partial charge in [0.2, 0.25) is 5.91 Å². The van der Waals surface area contributed by atoms with Gasteiger partial charge in [-0.05, 0) is 60.5 Å². The summed E-state index contributed by atoms with van der Waals surface area (Å²) < 4.78 is 11.6. The molecule has 2 heterocycles. The summed E-state index contributed by atoms with van der Waals surface area (Å²) in [5.74, 6) is 1.42. The van der Waals surface area contributed by atoms with Gasteiger partial charge in [-0.3, -0.25) is 9.59 Å². The Bertz CT molecular complexity index is 1210. The predicted octanol–water partition coefficient (Wildman–Crippen LogP) is 5.76. The van der Waals surface area contributed by atoms with Gasteiger partial charge in [0.1, 0.15) is 13.2 Å². The zero-order chi connectivity index (χ0) is 26.4. The van der Waals surface area contributed by atoms with Crippen LogP contribution in [0.3, 0.4) is 0 Å². The summed E-state index contributed by atoms with van der Waals surface area (Å²) in [6.45, 7) is 7.71. The van der Waals surface area contributed by atoms with Crippen LogP contribution < -0.4 is 9.47 Å². The average Bonchev–Trinajstić information content (AvgIpc) is 3.40. The lowest BCUT2D eigenvalue weighted by Crippen LogP contribution is -2.48. The molecule has 2 atom stereocenters. The van der Waals surface area contributed by atoms with Crippen molar-refractivity contribution in [2.75, 3.05) is 33.4 Å². The summed E-state index contributed by atoms with van der Waals surface area (Å²) >= 11 is 1.72. The molecule has 1 aliphatic heterocycles. The summed E-state index contributed by atoms with van der Waals surface area (Å²) in [5, 5.41) is 2.07. The molecule has 1 aromatic heterocycles. The zero-order valence-electron chi connectivity index (χ0n) is 22.1. The van der Waals surface area contributed by atoms with E-state index in [0.717, 1.165) is 24.0 Å². The fourth-order valence-corrected chi connectivity index (χ4v) is 5.57. The second-order valence-corrected chi connectivity index (χ2v) is 10.7. The molecular formula is C30H36N2O4S. The fraction of sp³-hybridized carbons (Fsp3) is 0.400.